The Morgan fingerprint density at radius 3 is 2.44 bits per heavy atom. The van der Waals surface area contributed by atoms with Gasteiger partial charge >= 0.3 is 0 Å². The van der Waals surface area contributed by atoms with Crippen LogP contribution in [-0.4, -0.2) is 22.8 Å². The fraction of sp³-hybridized carbons (Fsp3) is 0.833. The molecule has 0 unspecified atom stereocenters. The number of rotatable bonds is 7. The zero-order valence-corrected chi connectivity index (χ0v) is 10.8. The van der Waals surface area contributed by atoms with E-state index in [-0.39, 0.29) is 0 Å². The number of nitrogens with zero attached hydrogens (tertiary/aromatic N) is 2. The van der Waals surface area contributed by atoms with Crippen molar-refractivity contribution < 1.29 is 4.42 Å². The Hall–Kier alpha value is -0.900. The van der Waals surface area contributed by atoms with Crippen LogP contribution in [0.15, 0.2) is 4.42 Å². The van der Waals surface area contributed by atoms with Crippen LogP contribution in [0.1, 0.15) is 45.9 Å². The first-order valence-electron chi connectivity index (χ1n) is 6.12. The van der Waals surface area contributed by atoms with Crippen molar-refractivity contribution in [1.82, 2.24) is 15.5 Å². The van der Waals surface area contributed by atoms with Gasteiger partial charge in [-0.3, -0.25) is 0 Å². The van der Waals surface area contributed by atoms with E-state index >= 15 is 0 Å². The molecule has 1 heterocycles. The van der Waals surface area contributed by atoms with Gasteiger partial charge in [0, 0.05) is 18.9 Å². The molecule has 0 saturated carbocycles. The minimum absolute atomic E-state index is 0.541. The largest absolute Gasteiger partial charge is 0.425 e. The number of nitrogens with one attached hydrogen (secondary N) is 1. The molecule has 0 amide bonds. The van der Waals surface area contributed by atoms with Crippen molar-refractivity contribution in [3.05, 3.63) is 11.8 Å². The topological polar surface area (TPSA) is 51.0 Å². The molecule has 1 rings (SSSR count). The zero-order valence-electron chi connectivity index (χ0n) is 10.8. The number of aryl methyl sites for hydroxylation is 1. The van der Waals surface area contributed by atoms with Gasteiger partial charge in [-0.05, 0) is 18.9 Å². The second kappa shape index (κ2) is 6.63. The molecule has 0 atom stereocenters. The van der Waals surface area contributed by atoms with Gasteiger partial charge in [0.25, 0.3) is 0 Å². The molecule has 0 fully saturated rings. The zero-order chi connectivity index (χ0) is 12.0. The van der Waals surface area contributed by atoms with E-state index in [1.807, 2.05) is 0 Å². The highest BCUT2D eigenvalue weighted by molar-refractivity contribution is 4.83. The summed E-state index contributed by atoms with van der Waals surface area (Å²) in [5, 5.41) is 11.4. The van der Waals surface area contributed by atoms with Crippen molar-refractivity contribution in [2.24, 2.45) is 5.92 Å². The maximum Gasteiger partial charge on any atom is 0.216 e. The maximum atomic E-state index is 5.55. The van der Waals surface area contributed by atoms with Crippen LogP contribution in [0.3, 0.4) is 0 Å². The standard InChI is InChI=1S/C12H23N3O/c1-9(2)8-12-15-14-11(16-12)6-5-7-13-10(3)4/h9-10,13H,5-8H2,1-4H3. The van der Waals surface area contributed by atoms with Crippen molar-refractivity contribution in [2.45, 2.75) is 53.0 Å². The maximum absolute atomic E-state index is 5.55. The summed E-state index contributed by atoms with van der Waals surface area (Å²) in [6.45, 7) is 9.59. The van der Waals surface area contributed by atoms with Crippen molar-refractivity contribution in [1.29, 1.82) is 0 Å². The lowest BCUT2D eigenvalue weighted by molar-refractivity contribution is 0.418. The molecule has 0 saturated heterocycles. The van der Waals surface area contributed by atoms with Crippen molar-refractivity contribution in [3.63, 3.8) is 0 Å². The van der Waals surface area contributed by atoms with Crippen LogP contribution in [0.2, 0.25) is 0 Å². The van der Waals surface area contributed by atoms with E-state index < -0.39 is 0 Å². The smallest absolute Gasteiger partial charge is 0.216 e. The molecule has 1 aromatic heterocycles. The third-order valence-electron chi connectivity index (χ3n) is 2.21. The monoisotopic (exact) mass is 225 g/mol. The van der Waals surface area contributed by atoms with E-state index in [2.05, 4.69) is 43.2 Å². The van der Waals surface area contributed by atoms with E-state index in [4.69, 9.17) is 4.42 Å². The van der Waals surface area contributed by atoms with Crippen LogP contribution in [0.4, 0.5) is 0 Å². The summed E-state index contributed by atoms with van der Waals surface area (Å²) in [5.74, 6) is 2.10. The molecular formula is C12H23N3O. The molecule has 4 heteroatoms. The fourth-order valence-corrected chi connectivity index (χ4v) is 1.45. The van der Waals surface area contributed by atoms with Crippen molar-refractivity contribution >= 4 is 0 Å². The highest BCUT2D eigenvalue weighted by atomic mass is 16.4. The molecule has 16 heavy (non-hydrogen) atoms. The van der Waals surface area contributed by atoms with E-state index in [1.54, 1.807) is 0 Å². The molecule has 4 nitrogen and oxygen atoms in total. The quantitative estimate of drug-likeness (QED) is 0.723. The Balaban J connectivity index is 2.24. The van der Waals surface area contributed by atoms with Gasteiger partial charge in [0.15, 0.2) is 0 Å². The van der Waals surface area contributed by atoms with Crippen LogP contribution < -0.4 is 5.32 Å². The Morgan fingerprint density at radius 2 is 1.81 bits per heavy atom. The average Bonchev–Trinajstić information content (AvgIpc) is 2.59. The summed E-state index contributed by atoms with van der Waals surface area (Å²) < 4.78 is 5.55. The summed E-state index contributed by atoms with van der Waals surface area (Å²) in [7, 11) is 0. The highest BCUT2D eigenvalue weighted by Gasteiger charge is 2.07. The second-order valence-electron chi connectivity index (χ2n) is 4.90. The predicted molar refractivity (Wildman–Crippen MR) is 64.3 cm³/mol. The van der Waals surface area contributed by atoms with Gasteiger partial charge in [-0.15, -0.1) is 10.2 Å². The number of hydrogen-bond acceptors (Lipinski definition) is 4. The Kier molecular flexibility index (Phi) is 5.46. The van der Waals surface area contributed by atoms with E-state index in [1.165, 1.54) is 0 Å². The van der Waals surface area contributed by atoms with Crippen LogP contribution in [0, 0.1) is 5.92 Å². The normalized spacial score (nSPS) is 11.6. The molecule has 0 aliphatic carbocycles. The van der Waals surface area contributed by atoms with Crippen LogP contribution in [0.5, 0.6) is 0 Å². The summed E-state index contributed by atoms with van der Waals surface area (Å²) >= 11 is 0. The predicted octanol–water partition coefficient (Wildman–Crippen LogP) is 2.20. The van der Waals surface area contributed by atoms with Crippen LogP contribution in [0.25, 0.3) is 0 Å². The first kappa shape index (κ1) is 13.2. The summed E-state index contributed by atoms with van der Waals surface area (Å²) in [5.41, 5.74) is 0. The van der Waals surface area contributed by atoms with Crippen LogP contribution in [-0.2, 0) is 12.8 Å². The van der Waals surface area contributed by atoms with Gasteiger partial charge < -0.3 is 9.73 Å². The van der Waals surface area contributed by atoms with E-state index in [0.717, 1.165) is 37.6 Å². The second-order valence-corrected chi connectivity index (χ2v) is 4.90. The van der Waals surface area contributed by atoms with Gasteiger partial charge in [0.2, 0.25) is 11.8 Å². The molecule has 0 aliphatic rings. The molecule has 1 N–H and O–H groups in total. The van der Waals surface area contributed by atoms with E-state index in [0.29, 0.717) is 12.0 Å². The lowest BCUT2D eigenvalue weighted by Crippen LogP contribution is -2.23. The van der Waals surface area contributed by atoms with Gasteiger partial charge in [0.1, 0.15) is 0 Å². The minimum Gasteiger partial charge on any atom is -0.425 e. The Labute approximate surface area is 97.8 Å². The summed E-state index contributed by atoms with van der Waals surface area (Å²) in [6.07, 6.45) is 2.78. The molecule has 0 aromatic carbocycles. The molecule has 92 valence electrons. The van der Waals surface area contributed by atoms with Gasteiger partial charge in [-0.25, -0.2) is 0 Å². The van der Waals surface area contributed by atoms with E-state index in [9.17, 15) is 0 Å². The Bertz CT molecular complexity index is 294. The Morgan fingerprint density at radius 1 is 1.12 bits per heavy atom. The SMILES string of the molecule is CC(C)Cc1nnc(CCCNC(C)C)o1. The first-order valence-corrected chi connectivity index (χ1v) is 6.12. The number of aromatic nitrogens is 2. The lowest BCUT2D eigenvalue weighted by Gasteiger charge is -2.05. The molecule has 0 bridgehead atoms. The summed E-state index contributed by atoms with van der Waals surface area (Å²) in [4.78, 5) is 0. The van der Waals surface area contributed by atoms with Gasteiger partial charge in [-0.2, -0.15) is 0 Å². The average molecular weight is 225 g/mol. The first-order chi connectivity index (χ1) is 7.58. The molecule has 0 spiro atoms. The van der Waals surface area contributed by atoms with Gasteiger partial charge in [-0.1, -0.05) is 27.7 Å². The molecule has 0 aliphatic heterocycles. The van der Waals surface area contributed by atoms with Gasteiger partial charge in [0.05, 0.1) is 0 Å². The van der Waals surface area contributed by atoms with Crippen LogP contribution >= 0.6 is 0 Å². The number of hydrogen-bond donors (Lipinski definition) is 1. The fourth-order valence-electron chi connectivity index (χ4n) is 1.45. The third-order valence-corrected chi connectivity index (χ3v) is 2.21. The molecule has 1 aromatic rings. The highest BCUT2D eigenvalue weighted by Crippen LogP contribution is 2.07. The molecular weight excluding hydrogens is 202 g/mol. The van der Waals surface area contributed by atoms with Crippen molar-refractivity contribution in [2.75, 3.05) is 6.54 Å². The third kappa shape index (κ3) is 5.26. The minimum atomic E-state index is 0.541. The van der Waals surface area contributed by atoms with Crippen molar-refractivity contribution in [3.8, 4) is 0 Å². The molecule has 0 radical (unpaired) electrons. The summed E-state index contributed by atoms with van der Waals surface area (Å²) in [6, 6.07) is 0.541. The lowest BCUT2D eigenvalue weighted by atomic mass is 10.1.